The van der Waals surface area contributed by atoms with Gasteiger partial charge < -0.3 is 4.74 Å². The molecule has 0 radical (unpaired) electrons. The molecule has 0 bridgehead atoms. The lowest BCUT2D eigenvalue weighted by Crippen LogP contribution is -2.14. The molecule has 0 rings (SSSR count). The van der Waals surface area contributed by atoms with E-state index < -0.39 is 12.3 Å². The Morgan fingerprint density at radius 1 is 0.778 bits per heavy atom. The molecule has 27 heavy (non-hydrogen) atoms. The lowest BCUT2D eigenvalue weighted by atomic mass is 10.1. The second-order valence-electron chi connectivity index (χ2n) is 7.88. The van der Waals surface area contributed by atoms with Crippen LogP contribution < -0.4 is 0 Å². The molecule has 0 aliphatic heterocycles. The highest BCUT2D eigenvalue weighted by atomic mass is 19.1. The average Bonchev–Trinajstić information content (AvgIpc) is 2.65. The molecule has 0 saturated heterocycles. The van der Waals surface area contributed by atoms with Gasteiger partial charge in [0.15, 0.2) is 0 Å². The molecule has 0 spiro atoms. The largest absolute Gasteiger partial charge is 0.428 e. The zero-order valence-corrected chi connectivity index (χ0v) is 18.4. The molecule has 0 aromatic rings. The Morgan fingerprint density at radius 3 is 1.74 bits per heavy atom. The summed E-state index contributed by atoms with van der Waals surface area (Å²) in [6.07, 6.45) is 20.0. The highest BCUT2D eigenvalue weighted by Crippen LogP contribution is 2.14. The third-order valence-electron chi connectivity index (χ3n) is 5.10. The van der Waals surface area contributed by atoms with E-state index in [1.807, 2.05) is 6.08 Å². The minimum Gasteiger partial charge on any atom is -0.428 e. The zero-order chi connectivity index (χ0) is 20.2. The van der Waals surface area contributed by atoms with Crippen molar-refractivity contribution in [3.63, 3.8) is 0 Å². The molecule has 3 heteroatoms. The van der Waals surface area contributed by atoms with E-state index in [1.54, 1.807) is 6.92 Å². The number of rotatable bonds is 19. The summed E-state index contributed by atoms with van der Waals surface area (Å²) in [6, 6.07) is 0. The molecular weight excluding hydrogens is 339 g/mol. The molecule has 160 valence electrons. The van der Waals surface area contributed by atoms with Crippen LogP contribution in [0.15, 0.2) is 11.6 Å². The van der Waals surface area contributed by atoms with Gasteiger partial charge in [-0.3, -0.25) is 0 Å². The van der Waals surface area contributed by atoms with Crippen LogP contribution in [0.25, 0.3) is 0 Å². The predicted molar refractivity (Wildman–Crippen MR) is 115 cm³/mol. The minimum absolute atomic E-state index is 0.321. The summed E-state index contributed by atoms with van der Waals surface area (Å²) in [5.74, 6) is -0.497. The van der Waals surface area contributed by atoms with Gasteiger partial charge in [-0.2, -0.15) is 0 Å². The maximum absolute atomic E-state index is 13.7. The normalized spacial score (nSPS) is 13.0. The van der Waals surface area contributed by atoms with Crippen molar-refractivity contribution >= 4 is 5.97 Å². The molecule has 0 aromatic heterocycles. The van der Waals surface area contributed by atoms with Gasteiger partial charge in [-0.15, -0.1) is 0 Å². The van der Waals surface area contributed by atoms with Gasteiger partial charge in [0.05, 0.1) is 0 Å². The number of alkyl halides is 1. The standard InChI is InChI=1S/C24H45FO2/c1-4-6-8-10-11-12-13-14-15-17-18-20-22(3)24(26)27-23(25)21-19-16-9-7-5-2/h20,23H,4-19,21H2,1-3H3. The monoisotopic (exact) mass is 384 g/mol. The molecule has 0 aliphatic rings. The van der Waals surface area contributed by atoms with E-state index in [0.717, 1.165) is 32.1 Å². The summed E-state index contributed by atoms with van der Waals surface area (Å²) < 4.78 is 18.6. The van der Waals surface area contributed by atoms with Crippen molar-refractivity contribution in [1.29, 1.82) is 0 Å². The van der Waals surface area contributed by atoms with Gasteiger partial charge in [0.2, 0.25) is 6.36 Å². The summed E-state index contributed by atoms with van der Waals surface area (Å²) >= 11 is 0. The quantitative estimate of drug-likeness (QED) is 0.127. The Bertz CT molecular complexity index is 365. The number of allylic oxidation sites excluding steroid dienone is 1. The number of esters is 1. The summed E-state index contributed by atoms with van der Waals surface area (Å²) in [7, 11) is 0. The molecule has 0 fully saturated rings. The van der Waals surface area contributed by atoms with E-state index in [4.69, 9.17) is 4.74 Å². The Balaban J connectivity index is 3.60. The fourth-order valence-electron chi connectivity index (χ4n) is 3.21. The molecule has 1 unspecified atom stereocenters. The van der Waals surface area contributed by atoms with Crippen molar-refractivity contribution in [3.05, 3.63) is 11.6 Å². The maximum Gasteiger partial charge on any atom is 0.335 e. The average molecular weight is 385 g/mol. The van der Waals surface area contributed by atoms with E-state index in [-0.39, 0.29) is 0 Å². The number of halogens is 1. The topological polar surface area (TPSA) is 26.3 Å². The number of ether oxygens (including phenoxy) is 1. The van der Waals surface area contributed by atoms with E-state index in [0.29, 0.717) is 12.0 Å². The lowest BCUT2D eigenvalue weighted by molar-refractivity contribution is -0.153. The number of hydrogen-bond acceptors (Lipinski definition) is 2. The highest BCUT2D eigenvalue weighted by molar-refractivity contribution is 5.87. The van der Waals surface area contributed by atoms with Crippen LogP contribution in [0, 0.1) is 0 Å². The van der Waals surface area contributed by atoms with Crippen molar-refractivity contribution in [2.45, 2.75) is 136 Å². The predicted octanol–water partition coefficient (Wildman–Crippen LogP) is 8.44. The van der Waals surface area contributed by atoms with Crippen LogP contribution >= 0.6 is 0 Å². The number of hydrogen-bond donors (Lipinski definition) is 0. The third kappa shape index (κ3) is 18.3. The summed E-state index contributed by atoms with van der Waals surface area (Å²) in [5.41, 5.74) is 0.541. The van der Waals surface area contributed by atoms with Crippen LogP contribution in [0.3, 0.4) is 0 Å². The Labute approximate surface area is 168 Å². The van der Waals surface area contributed by atoms with Crippen molar-refractivity contribution in [2.24, 2.45) is 0 Å². The Kier molecular flexibility index (Phi) is 19.3. The van der Waals surface area contributed by atoms with Crippen LogP contribution in [0.2, 0.25) is 0 Å². The molecular formula is C24H45FO2. The lowest BCUT2D eigenvalue weighted by Gasteiger charge is -2.10. The van der Waals surface area contributed by atoms with Gasteiger partial charge in [-0.05, 0) is 26.2 Å². The number of carbonyl (C=O) groups excluding carboxylic acids is 1. The van der Waals surface area contributed by atoms with Crippen molar-refractivity contribution in [2.75, 3.05) is 0 Å². The molecule has 0 amide bonds. The number of carbonyl (C=O) groups is 1. The highest BCUT2D eigenvalue weighted by Gasteiger charge is 2.13. The Hall–Kier alpha value is -0.860. The maximum atomic E-state index is 13.7. The molecule has 1 atom stereocenters. The second kappa shape index (κ2) is 19.9. The minimum atomic E-state index is -1.46. The molecule has 0 aromatic carbocycles. The number of unbranched alkanes of at least 4 members (excludes halogenated alkanes) is 14. The van der Waals surface area contributed by atoms with Crippen LogP contribution in [0.5, 0.6) is 0 Å². The van der Waals surface area contributed by atoms with E-state index in [1.165, 1.54) is 70.6 Å². The van der Waals surface area contributed by atoms with Crippen LogP contribution in [0.1, 0.15) is 130 Å². The fourth-order valence-corrected chi connectivity index (χ4v) is 3.21. The van der Waals surface area contributed by atoms with Gasteiger partial charge in [0.1, 0.15) is 0 Å². The van der Waals surface area contributed by atoms with Gasteiger partial charge in [-0.25, -0.2) is 9.18 Å². The fraction of sp³-hybridized carbons (Fsp3) is 0.875. The summed E-state index contributed by atoms with van der Waals surface area (Å²) in [4.78, 5) is 11.9. The van der Waals surface area contributed by atoms with E-state index in [2.05, 4.69) is 13.8 Å². The summed E-state index contributed by atoms with van der Waals surface area (Å²) in [6.45, 7) is 6.14. The van der Waals surface area contributed by atoms with Gasteiger partial charge >= 0.3 is 5.97 Å². The van der Waals surface area contributed by atoms with Crippen molar-refractivity contribution < 1.29 is 13.9 Å². The first-order chi connectivity index (χ1) is 13.1. The van der Waals surface area contributed by atoms with Crippen LogP contribution in [0.4, 0.5) is 4.39 Å². The van der Waals surface area contributed by atoms with E-state index >= 15 is 0 Å². The molecule has 0 aliphatic carbocycles. The van der Waals surface area contributed by atoms with E-state index in [9.17, 15) is 9.18 Å². The first kappa shape index (κ1) is 26.1. The van der Waals surface area contributed by atoms with Gasteiger partial charge in [0.25, 0.3) is 0 Å². The van der Waals surface area contributed by atoms with Crippen LogP contribution in [-0.4, -0.2) is 12.3 Å². The van der Waals surface area contributed by atoms with Crippen LogP contribution in [-0.2, 0) is 9.53 Å². The van der Waals surface area contributed by atoms with Gasteiger partial charge in [0, 0.05) is 12.0 Å². The first-order valence-electron chi connectivity index (χ1n) is 11.6. The SMILES string of the molecule is CCCCCCCCCCCCC=C(C)C(=O)OC(F)CCCCCCC. The molecule has 0 heterocycles. The summed E-state index contributed by atoms with van der Waals surface area (Å²) in [5, 5.41) is 0. The molecule has 0 N–H and O–H groups in total. The molecule has 0 saturated carbocycles. The Morgan fingerprint density at radius 2 is 1.22 bits per heavy atom. The first-order valence-corrected chi connectivity index (χ1v) is 11.6. The van der Waals surface area contributed by atoms with Crippen molar-refractivity contribution in [1.82, 2.24) is 0 Å². The van der Waals surface area contributed by atoms with Crippen molar-refractivity contribution in [3.8, 4) is 0 Å². The third-order valence-corrected chi connectivity index (χ3v) is 5.10. The van der Waals surface area contributed by atoms with Gasteiger partial charge in [-0.1, -0.05) is 103 Å². The molecule has 2 nitrogen and oxygen atoms in total. The second-order valence-corrected chi connectivity index (χ2v) is 7.88. The smallest absolute Gasteiger partial charge is 0.335 e. The zero-order valence-electron chi connectivity index (χ0n) is 18.4.